The molecule has 0 radical (unpaired) electrons. The summed E-state index contributed by atoms with van der Waals surface area (Å²) in [5.41, 5.74) is 5.42. The zero-order valence-corrected chi connectivity index (χ0v) is 11.7. The van der Waals surface area contributed by atoms with Gasteiger partial charge in [0.25, 0.3) is 5.56 Å². The quantitative estimate of drug-likeness (QED) is 0.740. The van der Waals surface area contributed by atoms with Crippen LogP contribution >= 0.6 is 0 Å². The number of anilines is 2. The van der Waals surface area contributed by atoms with Crippen molar-refractivity contribution in [1.82, 2.24) is 9.55 Å². The largest absolute Gasteiger partial charge is 0.383 e. The molecule has 0 spiro atoms. The fraction of sp³-hybridized carbons (Fsp3) is 0.692. The first-order valence-electron chi connectivity index (χ1n) is 6.79. The van der Waals surface area contributed by atoms with Crippen LogP contribution in [-0.4, -0.2) is 15.6 Å². The Labute approximate surface area is 112 Å². The Morgan fingerprint density at radius 2 is 2.00 bits per heavy atom. The van der Waals surface area contributed by atoms with Gasteiger partial charge in [-0.1, -0.05) is 13.8 Å². The number of nitrogen functional groups attached to an aromatic ring is 1. The highest BCUT2D eigenvalue weighted by molar-refractivity contribution is 5.61. The van der Waals surface area contributed by atoms with Crippen LogP contribution < -0.4 is 22.3 Å². The number of nitrogens with zero attached hydrogens (tertiary/aromatic N) is 1. The highest BCUT2D eigenvalue weighted by Gasteiger charge is 2.29. The predicted octanol–water partition coefficient (Wildman–Crippen LogP) is 0.985. The number of hydrogen-bond acceptors (Lipinski definition) is 4. The smallest absolute Gasteiger partial charge is 0.330 e. The highest BCUT2D eigenvalue weighted by atomic mass is 16.2. The van der Waals surface area contributed by atoms with Gasteiger partial charge in [0.05, 0.1) is 0 Å². The minimum Gasteiger partial charge on any atom is -0.383 e. The molecular formula is C13H22N4O2. The van der Waals surface area contributed by atoms with Gasteiger partial charge >= 0.3 is 5.69 Å². The SMILES string of the molecule is CC(C)Cn1c(N)c(NC(C)C2CC2)c(=O)[nH]c1=O. The summed E-state index contributed by atoms with van der Waals surface area (Å²) in [5.74, 6) is 1.11. The molecule has 0 aromatic carbocycles. The third kappa shape index (κ3) is 3.00. The number of aromatic nitrogens is 2. The van der Waals surface area contributed by atoms with Crippen LogP contribution in [-0.2, 0) is 6.54 Å². The summed E-state index contributed by atoms with van der Waals surface area (Å²) in [5, 5.41) is 3.15. The van der Waals surface area contributed by atoms with Gasteiger partial charge in [0.15, 0.2) is 0 Å². The molecule has 0 aliphatic heterocycles. The second-order valence-corrected chi connectivity index (χ2v) is 5.79. The first kappa shape index (κ1) is 13.7. The monoisotopic (exact) mass is 266 g/mol. The Kier molecular flexibility index (Phi) is 3.68. The van der Waals surface area contributed by atoms with Gasteiger partial charge in [-0.3, -0.25) is 14.3 Å². The molecule has 1 fully saturated rings. The van der Waals surface area contributed by atoms with E-state index in [2.05, 4.69) is 10.3 Å². The lowest BCUT2D eigenvalue weighted by Gasteiger charge is -2.18. The van der Waals surface area contributed by atoms with Crippen molar-refractivity contribution in [3.05, 3.63) is 20.8 Å². The van der Waals surface area contributed by atoms with E-state index in [1.54, 1.807) is 0 Å². The van der Waals surface area contributed by atoms with Crippen LogP contribution in [0.15, 0.2) is 9.59 Å². The summed E-state index contributed by atoms with van der Waals surface area (Å²) in [6, 6.07) is 0.202. The molecule has 106 valence electrons. The summed E-state index contributed by atoms with van der Waals surface area (Å²) < 4.78 is 1.42. The molecule has 6 heteroatoms. The van der Waals surface area contributed by atoms with Crippen LogP contribution in [0.3, 0.4) is 0 Å². The van der Waals surface area contributed by atoms with Crippen molar-refractivity contribution >= 4 is 11.5 Å². The molecule has 1 aromatic rings. The van der Waals surface area contributed by atoms with E-state index in [0.717, 1.165) is 0 Å². The Bertz CT molecular complexity index is 569. The zero-order valence-electron chi connectivity index (χ0n) is 11.7. The molecule has 2 rings (SSSR count). The maximum atomic E-state index is 11.9. The molecule has 19 heavy (non-hydrogen) atoms. The van der Waals surface area contributed by atoms with Gasteiger partial charge in [0.1, 0.15) is 11.5 Å². The van der Waals surface area contributed by atoms with Crippen molar-refractivity contribution in [2.24, 2.45) is 11.8 Å². The Hall–Kier alpha value is -1.72. The van der Waals surface area contributed by atoms with Crippen molar-refractivity contribution in [2.75, 3.05) is 11.1 Å². The summed E-state index contributed by atoms with van der Waals surface area (Å²) in [6.07, 6.45) is 2.36. The Morgan fingerprint density at radius 3 is 2.53 bits per heavy atom. The number of nitrogens with two attached hydrogens (primary N) is 1. The first-order chi connectivity index (χ1) is 8.90. The lowest BCUT2D eigenvalue weighted by Crippen LogP contribution is -2.36. The molecule has 1 saturated carbocycles. The molecule has 0 amide bonds. The summed E-state index contributed by atoms with van der Waals surface area (Å²) in [6.45, 7) is 6.52. The van der Waals surface area contributed by atoms with Crippen molar-refractivity contribution in [1.29, 1.82) is 0 Å². The summed E-state index contributed by atoms with van der Waals surface area (Å²) in [4.78, 5) is 26.0. The van der Waals surface area contributed by atoms with Gasteiger partial charge in [-0.2, -0.15) is 0 Å². The van der Waals surface area contributed by atoms with Crippen LogP contribution in [0.25, 0.3) is 0 Å². The lowest BCUT2D eigenvalue weighted by molar-refractivity contribution is 0.507. The van der Waals surface area contributed by atoms with Gasteiger partial charge in [-0.15, -0.1) is 0 Å². The lowest BCUT2D eigenvalue weighted by atomic mass is 10.2. The van der Waals surface area contributed by atoms with Crippen molar-refractivity contribution in [2.45, 2.75) is 46.2 Å². The van der Waals surface area contributed by atoms with Gasteiger partial charge in [0.2, 0.25) is 0 Å². The van der Waals surface area contributed by atoms with Crippen molar-refractivity contribution < 1.29 is 0 Å². The number of rotatable bonds is 5. The number of H-pyrrole nitrogens is 1. The van der Waals surface area contributed by atoms with Crippen LogP contribution in [0.4, 0.5) is 11.5 Å². The molecule has 1 aromatic heterocycles. The second-order valence-electron chi connectivity index (χ2n) is 5.79. The van der Waals surface area contributed by atoms with E-state index in [1.807, 2.05) is 20.8 Å². The average Bonchev–Trinajstić information content (AvgIpc) is 3.13. The summed E-state index contributed by atoms with van der Waals surface area (Å²) >= 11 is 0. The third-order valence-corrected chi connectivity index (χ3v) is 3.49. The van der Waals surface area contributed by atoms with Crippen LogP contribution in [0, 0.1) is 11.8 Å². The van der Waals surface area contributed by atoms with Gasteiger partial charge in [-0.25, -0.2) is 4.79 Å². The average molecular weight is 266 g/mol. The number of hydrogen-bond donors (Lipinski definition) is 3. The molecular weight excluding hydrogens is 244 g/mol. The molecule has 0 bridgehead atoms. The number of aromatic amines is 1. The minimum atomic E-state index is -0.444. The Morgan fingerprint density at radius 1 is 1.37 bits per heavy atom. The first-order valence-corrected chi connectivity index (χ1v) is 6.79. The van der Waals surface area contributed by atoms with Gasteiger partial charge < -0.3 is 11.1 Å². The maximum absolute atomic E-state index is 11.9. The third-order valence-electron chi connectivity index (χ3n) is 3.49. The van der Waals surface area contributed by atoms with E-state index in [9.17, 15) is 9.59 Å². The molecule has 1 heterocycles. The Balaban J connectivity index is 2.36. The van der Waals surface area contributed by atoms with E-state index < -0.39 is 11.2 Å². The predicted molar refractivity (Wildman–Crippen MR) is 76.4 cm³/mol. The van der Waals surface area contributed by atoms with E-state index in [-0.39, 0.29) is 17.8 Å². The molecule has 1 aliphatic rings. The van der Waals surface area contributed by atoms with Crippen LogP contribution in [0.1, 0.15) is 33.6 Å². The fourth-order valence-corrected chi connectivity index (χ4v) is 2.22. The molecule has 6 nitrogen and oxygen atoms in total. The van der Waals surface area contributed by atoms with Gasteiger partial charge in [0, 0.05) is 12.6 Å². The van der Waals surface area contributed by atoms with E-state index in [4.69, 9.17) is 5.73 Å². The standard InChI is InChI=1S/C13H22N4O2/c1-7(2)6-17-11(14)10(12(18)16-13(17)19)15-8(3)9-4-5-9/h7-9,15H,4-6,14H2,1-3H3,(H,16,18,19). The molecule has 4 N–H and O–H groups in total. The van der Waals surface area contributed by atoms with E-state index >= 15 is 0 Å². The fourth-order valence-electron chi connectivity index (χ4n) is 2.22. The molecule has 0 saturated heterocycles. The number of nitrogens with one attached hydrogen (secondary N) is 2. The molecule has 1 aliphatic carbocycles. The van der Waals surface area contributed by atoms with Crippen LogP contribution in [0.2, 0.25) is 0 Å². The van der Waals surface area contributed by atoms with E-state index in [1.165, 1.54) is 17.4 Å². The highest BCUT2D eigenvalue weighted by Crippen LogP contribution is 2.34. The summed E-state index contributed by atoms with van der Waals surface area (Å²) in [7, 11) is 0. The minimum absolute atomic E-state index is 0.202. The molecule has 1 atom stereocenters. The van der Waals surface area contributed by atoms with Crippen molar-refractivity contribution in [3.63, 3.8) is 0 Å². The van der Waals surface area contributed by atoms with Gasteiger partial charge in [-0.05, 0) is 31.6 Å². The zero-order chi connectivity index (χ0) is 14.2. The van der Waals surface area contributed by atoms with E-state index in [0.29, 0.717) is 18.2 Å². The molecule has 1 unspecified atom stereocenters. The normalized spacial score (nSPS) is 16.6. The van der Waals surface area contributed by atoms with Crippen molar-refractivity contribution in [3.8, 4) is 0 Å². The topological polar surface area (TPSA) is 92.9 Å². The second kappa shape index (κ2) is 5.11. The van der Waals surface area contributed by atoms with Crippen LogP contribution in [0.5, 0.6) is 0 Å². The maximum Gasteiger partial charge on any atom is 0.330 e.